The van der Waals surface area contributed by atoms with Gasteiger partial charge < -0.3 is 10.2 Å². The summed E-state index contributed by atoms with van der Waals surface area (Å²) in [6, 6.07) is 8.05. The Bertz CT molecular complexity index is 621. The van der Waals surface area contributed by atoms with Crippen LogP contribution >= 0.6 is 0 Å². The minimum atomic E-state index is -0.0564. The highest BCUT2D eigenvalue weighted by Gasteiger charge is 2.19. The average Bonchev–Trinajstić information content (AvgIpc) is 3.07. The molecule has 0 aliphatic rings. The summed E-state index contributed by atoms with van der Waals surface area (Å²) in [6.45, 7) is 8.23. The van der Waals surface area contributed by atoms with Gasteiger partial charge in [0.1, 0.15) is 12.7 Å². The molecule has 1 aromatic heterocycles. The molecule has 0 fully saturated rings. The average molecular weight is 315 g/mol. The molecule has 1 N–H and O–H groups in total. The van der Waals surface area contributed by atoms with E-state index in [1.165, 1.54) is 6.33 Å². The van der Waals surface area contributed by atoms with Gasteiger partial charge in [-0.3, -0.25) is 0 Å². The number of aromatic nitrogens is 3. The van der Waals surface area contributed by atoms with Crippen LogP contribution in [-0.4, -0.2) is 38.8 Å². The molecule has 0 saturated heterocycles. The van der Waals surface area contributed by atoms with Crippen molar-refractivity contribution < 1.29 is 4.79 Å². The van der Waals surface area contributed by atoms with E-state index in [1.807, 2.05) is 45.2 Å². The summed E-state index contributed by atoms with van der Waals surface area (Å²) in [5.41, 5.74) is 2.02. The van der Waals surface area contributed by atoms with Crippen LogP contribution in [0.4, 0.5) is 4.79 Å². The standard InChI is InChI=1S/C17H25N5O/c1-12(2)13(3)20-17(23)21(5)14(4)15-6-8-16(9-7-15)22-11-18-10-19-22/h6-14H,1-5H3,(H,20,23). The third-order valence-electron chi connectivity index (χ3n) is 4.31. The van der Waals surface area contributed by atoms with Crippen molar-refractivity contribution in [2.75, 3.05) is 7.05 Å². The summed E-state index contributed by atoms with van der Waals surface area (Å²) < 4.78 is 1.70. The highest BCUT2D eigenvalue weighted by molar-refractivity contribution is 5.74. The first-order chi connectivity index (χ1) is 10.9. The van der Waals surface area contributed by atoms with Gasteiger partial charge in [-0.1, -0.05) is 26.0 Å². The Morgan fingerprint density at radius 2 is 1.83 bits per heavy atom. The highest BCUT2D eigenvalue weighted by Crippen LogP contribution is 2.20. The second-order valence-corrected chi connectivity index (χ2v) is 6.20. The van der Waals surface area contributed by atoms with Crippen LogP contribution in [0, 0.1) is 5.92 Å². The van der Waals surface area contributed by atoms with Gasteiger partial charge >= 0.3 is 6.03 Å². The van der Waals surface area contributed by atoms with Crippen LogP contribution in [0.3, 0.4) is 0 Å². The molecule has 2 aromatic rings. The normalized spacial score (nSPS) is 13.7. The number of hydrogen-bond donors (Lipinski definition) is 1. The number of hydrogen-bond acceptors (Lipinski definition) is 3. The van der Waals surface area contributed by atoms with Gasteiger partial charge in [0, 0.05) is 13.1 Å². The van der Waals surface area contributed by atoms with Gasteiger partial charge in [-0.05, 0) is 37.5 Å². The predicted molar refractivity (Wildman–Crippen MR) is 90.4 cm³/mol. The molecule has 1 aromatic carbocycles. The van der Waals surface area contributed by atoms with Crippen molar-refractivity contribution in [1.29, 1.82) is 0 Å². The SMILES string of the molecule is CC(C)C(C)NC(=O)N(C)C(C)c1ccc(-n2cncn2)cc1. The lowest BCUT2D eigenvalue weighted by Gasteiger charge is -2.28. The second-order valence-electron chi connectivity index (χ2n) is 6.20. The van der Waals surface area contributed by atoms with Gasteiger partial charge in [0.25, 0.3) is 0 Å². The number of rotatable bonds is 5. The summed E-state index contributed by atoms with van der Waals surface area (Å²) in [7, 11) is 1.82. The van der Waals surface area contributed by atoms with Crippen LogP contribution in [0.25, 0.3) is 5.69 Å². The first-order valence-corrected chi connectivity index (χ1v) is 7.88. The number of amides is 2. The number of urea groups is 1. The van der Waals surface area contributed by atoms with Gasteiger partial charge in [-0.15, -0.1) is 0 Å². The lowest BCUT2D eigenvalue weighted by atomic mass is 10.1. The molecular formula is C17H25N5O. The van der Waals surface area contributed by atoms with Crippen LogP contribution in [0.1, 0.15) is 39.3 Å². The van der Waals surface area contributed by atoms with Gasteiger partial charge in [-0.2, -0.15) is 5.10 Å². The first kappa shape index (κ1) is 17.0. The molecule has 124 valence electrons. The number of nitrogens with zero attached hydrogens (tertiary/aromatic N) is 4. The Morgan fingerprint density at radius 3 is 2.35 bits per heavy atom. The van der Waals surface area contributed by atoms with Crippen LogP contribution < -0.4 is 5.32 Å². The first-order valence-electron chi connectivity index (χ1n) is 7.88. The number of benzene rings is 1. The van der Waals surface area contributed by atoms with E-state index in [0.717, 1.165) is 11.3 Å². The Morgan fingerprint density at radius 1 is 1.17 bits per heavy atom. The third-order valence-corrected chi connectivity index (χ3v) is 4.31. The van der Waals surface area contributed by atoms with Gasteiger partial charge in [0.05, 0.1) is 11.7 Å². The van der Waals surface area contributed by atoms with Crippen molar-refractivity contribution in [1.82, 2.24) is 25.0 Å². The fraction of sp³-hybridized carbons (Fsp3) is 0.471. The Hall–Kier alpha value is -2.37. The van der Waals surface area contributed by atoms with Crippen molar-refractivity contribution in [2.45, 2.75) is 39.8 Å². The zero-order valence-corrected chi connectivity index (χ0v) is 14.4. The van der Waals surface area contributed by atoms with E-state index in [4.69, 9.17) is 0 Å². The monoisotopic (exact) mass is 315 g/mol. The Labute approximate surface area is 137 Å². The van der Waals surface area contributed by atoms with Gasteiger partial charge in [-0.25, -0.2) is 14.5 Å². The number of nitrogens with one attached hydrogen (secondary N) is 1. The zero-order valence-electron chi connectivity index (χ0n) is 14.4. The highest BCUT2D eigenvalue weighted by atomic mass is 16.2. The summed E-state index contributed by atoms with van der Waals surface area (Å²) in [4.78, 5) is 18.0. The molecule has 0 aliphatic heterocycles. The fourth-order valence-corrected chi connectivity index (χ4v) is 2.11. The minimum absolute atomic E-state index is 0.0147. The molecule has 2 rings (SSSR count). The smallest absolute Gasteiger partial charge is 0.317 e. The van der Waals surface area contributed by atoms with Crippen molar-refractivity contribution in [3.63, 3.8) is 0 Å². The molecule has 0 aliphatic carbocycles. The molecular weight excluding hydrogens is 290 g/mol. The Kier molecular flexibility index (Phi) is 5.36. The molecule has 0 saturated carbocycles. The van der Waals surface area contributed by atoms with Gasteiger partial charge in [0.15, 0.2) is 0 Å². The van der Waals surface area contributed by atoms with E-state index < -0.39 is 0 Å². The van der Waals surface area contributed by atoms with Crippen LogP contribution in [0.5, 0.6) is 0 Å². The molecule has 2 atom stereocenters. The van der Waals surface area contributed by atoms with Crippen LogP contribution in [-0.2, 0) is 0 Å². The lowest BCUT2D eigenvalue weighted by Crippen LogP contribution is -2.44. The molecule has 0 radical (unpaired) electrons. The molecule has 23 heavy (non-hydrogen) atoms. The molecule has 6 heteroatoms. The van der Waals surface area contributed by atoms with Crippen molar-refractivity contribution in [3.05, 3.63) is 42.5 Å². The molecule has 1 heterocycles. The summed E-state index contributed by atoms with van der Waals surface area (Å²) in [5, 5.41) is 7.13. The second kappa shape index (κ2) is 7.26. The summed E-state index contributed by atoms with van der Waals surface area (Å²) in [5.74, 6) is 0.407. The number of carbonyl (C=O) groups is 1. The van der Waals surface area contributed by atoms with E-state index in [2.05, 4.69) is 29.2 Å². The quantitative estimate of drug-likeness (QED) is 0.922. The summed E-state index contributed by atoms with van der Waals surface area (Å²) in [6.07, 6.45) is 3.16. The van der Waals surface area contributed by atoms with Crippen LogP contribution in [0.15, 0.2) is 36.9 Å². The van der Waals surface area contributed by atoms with E-state index in [-0.39, 0.29) is 18.1 Å². The van der Waals surface area contributed by atoms with E-state index in [0.29, 0.717) is 5.92 Å². The predicted octanol–water partition coefficient (Wildman–Crippen LogP) is 3.01. The largest absolute Gasteiger partial charge is 0.335 e. The van der Waals surface area contributed by atoms with E-state index in [1.54, 1.807) is 15.9 Å². The lowest BCUT2D eigenvalue weighted by molar-refractivity contribution is 0.188. The minimum Gasteiger partial charge on any atom is -0.335 e. The molecule has 0 bridgehead atoms. The van der Waals surface area contributed by atoms with E-state index >= 15 is 0 Å². The molecule has 2 amide bonds. The maximum absolute atomic E-state index is 12.3. The topological polar surface area (TPSA) is 63.1 Å². The number of carbonyl (C=O) groups excluding carboxylic acids is 1. The van der Waals surface area contributed by atoms with E-state index in [9.17, 15) is 4.79 Å². The molecule has 0 spiro atoms. The van der Waals surface area contributed by atoms with Crippen molar-refractivity contribution >= 4 is 6.03 Å². The van der Waals surface area contributed by atoms with Crippen LogP contribution in [0.2, 0.25) is 0 Å². The maximum Gasteiger partial charge on any atom is 0.317 e. The molecule has 6 nitrogen and oxygen atoms in total. The van der Waals surface area contributed by atoms with Gasteiger partial charge in [0.2, 0.25) is 0 Å². The molecule has 2 unspecified atom stereocenters. The summed E-state index contributed by atoms with van der Waals surface area (Å²) >= 11 is 0. The van der Waals surface area contributed by atoms with Crippen molar-refractivity contribution in [2.24, 2.45) is 5.92 Å². The Balaban J connectivity index is 2.04. The zero-order chi connectivity index (χ0) is 17.0. The fourth-order valence-electron chi connectivity index (χ4n) is 2.11. The van der Waals surface area contributed by atoms with Crippen molar-refractivity contribution in [3.8, 4) is 5.69 Å². The third kappa shape index (κ3) is 4.09. The maximum atomic E-state index is 12.3.